The Bertz CT molecular complexity index is 851. The number of nitrogens with zero attached hydrogens (tertiary/aromatic N) is 1. The summed E-state index contributed by atoms with van der Waals surface area (Å²) in [5.74, 6) is 0. The summed E-state index contributed by atoms with van der Waals surface area (Å²) < 4.78 is 6.32. The smallest absolute Gasteiger partial charge is 0.370 e. The summed E-state index contributed by atoms with van der Waals surface area (Å²) >= 11 is 0. The first-order valence-corrected chi connectivity index (χ1v) is 6.24. The molecule has 2 heterocycles. The molecule has 5 nitrogen and oxygen atoms in total. The van der Waals surface area contributed by atoms with Crippen LogP contribution in [0.15, 0.2) is 63.9 Å². The number of aliphatic hydroxyl groups is 1. The van der Waals surface area contributed by atoms with E-state index in [1.807, 2.05) is 42.5 Å². The van der Waals surface area contributed by atoms with Crippen LogP contribution in [0.4, 0.5) is 0 Å². The lowest BCUT2D eigenvalue weighted by Gasteiger charge is -2.18. The predicted molar refractivity (Wildman–Crippen MR) is 69.4 cm³/mol. The zero-order valence-electron chi connectivity index (χ0n) is 10.4. The maximum absolute atomic E-state index is 12.0. The van der Waals surface area contributed by atoms with Crippen LogP contribution in [0.2, 0.25) is 0 Å². The predicted octanol–water partition coefficient (Wildman–Crippen LogP) is 0.842. The third-order valence-electron chi connectivity index (χ3n) is 3.72. The van der Waals surface area contributed by atoms with Crippen molar-refractivity contribution in [2.45, 2.75) is 5.60 Å². The summed E-state index contributed by atoms with van der Waals surface area (Å²) in [6, 6.07) is 16.4. The second-order valence-corrected chi connectivity index (χ2v) is 4.76. The first-order valence-electron chi connectivity index (χ1n) is 6.24. The molecule has 5 heteroatoms. The van der Waals surface area contributed by atoms with Gasteiger partial charge in [-0.15, -0.1) is 0 Å². The largest absolute Gasteiger partial charge is 0.434 e. The molecule has 98 valence electrons. The van der Waals surface area contributed by atoms with Crippen LogP contribution >= 0.6 is 0 Å². The SMILES string of the molecule is O=c1o[nH][n+]2c1C(O)(c1ccccc1)c1ccccc1-2. The summed E-state index contributed by atoms with van der Waals surface area (Å²) in [7, 11) is 0. The molecule has 1 unspecified atom stereocenters. The van der Waals surface area contributed by atoms with E-state index in [1.165, 1.54) is 4.68 Å². The van der Waals surface area contributed by atoms with E-state index in [0.717, 1.165) is 0 Å². The van der Waals surface area contributed by atoms with Gasteiger partial charge in [0.15, 0.2) is 0 Å². The van der Waals surface area contributed by atoms with Crippen molar-refractivity contribution in [3.8, 4) is 5.69 Å². The van der Waals surface area contributed by atoms with Gasteiger partial charge in [-0.25, -0.2) is 4.79 Å². The van der Waals surface area contributed by atoms with E-state index in [4.69, 9.17) is 4.52 Å². The van der Waals surface area contributed by atoms with Gasteiger partial charge in [-0.05, 0) is 21.6 Å². The summed E-state index contributed by atoms with van der Waals surface area (Å²) in [4.78, 5) is 12.0. The summed E-state index contributed by atoms with van der Waals surface area (Å²) in [5, 5.41) is 13.8. The van der Waals surface area contributed by atoms with Crippen molar-refractivity contribution in [3.05, 3.63) is 81.8 Å². The van der Waals surface area contributed by atoms with Crippen LogP contribution in [0.5, 0.6) is 0 Å². The van der Waals surface area contributed by atoms with Crippen molar-refractivity contribution in [3.63, 3.8) is 0 Å². The highest BCUT2D eigenvalue weighted by Crippen LogP contribution is 2.39. The van der Waals surface area contributed by atoms with Gasteiger partial charge in [0, 0.05) is 6.07 Å². The minimum atomic E-state index is -1.50. The summed E-state index contributed by atoms with van der Waals surface area (Å²) in [6.45, 7) is 0. The monoisotopic (exact) mass is 267 g/mol. The number of rotatable bonds is 1. The Balaban J connectivity index is 2.14. The second kappa shape index (κ2) is 3.68. The summed E-state index contributed by atoms with van der Waals surface area (Å²) in [6.07, 6.45) is 0. The number of hydrogen-bond donors (Lipinski definition) is 2. The average molecular weight is 267 g/mol. The number of fused-ring (bicyclic) bond motifs is 3. The molecule has 2 aromatic carbocycles. The Kier molecular flexibility index (Phi) is 2.06. The highest BCUT2D eigenvalue weighted by atomic mass is 16.5. The lowest BCUT2D eigenvalue weighted by Crippen LogP contribution is -2.40. The van der Waals surface area contributed by atoms with Gasteiger partial charge in [0.2, 0.25) is 11.3 Å². The maximum Gasteiger partial charge on any atom is 0.434 e. The van der Waals surface area contributed by atoms with Crippen LogP contribution < -0.4 is 10.3 Å². The molecular weight excluding hydrogens is 256 g/mol. The Morgan fingerprint density at radius 3 is 2.55 bits per heavy atom. The fraction of sp³-hybridized carbons (Fsp3) is 0.0667. The van der Waals surface area contributed by atoms with Crippen molar-refractivity contribution < 1.29 is 14.3 Å². The molecule has 0 fully saturated rings. The van der Waals surface area contributed by atoms with Crippen molar-refractivity contribution in [1.82, 2.24) is 5.27 Å². The Hall–Kier alpha value is -2.66. The fourth-order valence-corrected chi connectivity index (χ4v) is 2.83. The molecule has 20 heavy (non-hydrogen) atoms. The Morgan fingerprint density at radius 1 is 1.05 bits per heavy atom. The molecule has 1 aliphatic rings. The molecule has 0 saturated carbocycles. The topological polar surface area (TPSA) is 70.1 Å². The van der Waals surface area contributed by atoms with E-state index in [9.17, 15) is 9.90 Å². The van der Waals surface area contributed by atoms with Gasteiger partial charge in [0.25, 0.3) is 0 Å². The van der Waals surface area contributed by atoms with Gasteiger partial charge in [-0.1, -0.05) is 42.5 Å². The van der Waals surface area contributed by atoms with Crippen molar-refractivity contribution >= 4 is 0 Å². The van der Waals surface area contributed by atoms with E-state index >= 15 is 0 Å². The van der Waals surface area contributed by atoms with Gasteiger partial charge >= 0.3 is 11.3 Å². The van der Waals surface area contributed by atoms with E-state index in [0.29, 0.717) is 16.8 Å². The van der Waals surface area contributed by atoms with Crippen LogP contribution in [0.25, 0.3) is 5.69 Å². The number of aromatic amines is 1. The lowest BCUT2D eigenvalue weighted by molar-refractivity contribution is -0.674. The Labute approximate surface area is 113 Å². The third kappa shape index (κ3) is 1.20. The van der Waals surface area contributed by atoms with Gasteiger partial charge in [-0.3, -0.25) is 4.52 Å². The number of benzene rings is 2. The van der Waals surface area contributed by atoms with Crippen molar-refractivity contribution in [2.24, 2.45) is 0 Å². The van der Waals surface area contributed by atoms with Gasteiger partial charge in [-0.2, -0.15) is 0 Å². The molecule has 0 aliphatic carbocycles. The maximum atomic E-state index is 12.0. The number of aromatic nitrogens is 2. The van der Waals surface area contributed by atoms with Crippen LogP contribution in [-0.2, 0) is 5.60 Å². The quantitative estimate of drug-likeness (QED) is 0.642. The number of nitrogens with one attached hydrogen (secondary N) is 1. The molecule has 0 radical (unpaired) electrons. The summed E-state index contributed by atoms with van der Waals surface area (Å²) in [5.41, 5.74) is 0.0893. The van der Waals surface area contributed by atoms with Crippen LogP contribution in [0.3, 0.4) is 0 Å². The molecule has 0 spiro atoms. The highest BCUT2D eigenvalue weighted by Gasteiger charge is 2.55. The van der Waals surface area contributed by atoms with Crippen molar-refractivity contribution in [2.75, 3.05) is 0 Å². The van der Waals surface area contributed by atoms with E-state index in [1.54, 1.807) is 12.1 Å². The third-order valence-corrected chi connectivity index (χ3v) is 3.72. The molecule has 2 N–H and O–H groups in total. The van der Waals surface area contributed by atoms with Gasteiger partial charge in [0.1, 0.15) is 0 Å². The number of hydrogen-bond acceptors (Lipinski definition) is 3. The second-order valence-electron chi connectivity index (χ2n) is 4.76. The first-order chi connectivity index (χ1) is 9.73. The van der Waals surface area contributed by atoms with Crippen LogP contribution in [0, 0.1) is 0 Å². The minimum absolute atomic E-state index is 0.171. The van der Waals surface area contributed by atoms with Crippen LogP contribution in [0.1, 0.15) is 16.8 Å². The minimum Gasteiger partial charge on any atom is -0.370 e. The van der Waals surface area contributed by atoms with Crippen molar-refractivity contribution in [1.29, 1.82) is 0 Å². The highest BCUT2D eigenvalue weighted by molar-refractivity contribution is 5.52. The van der Waals surface area contributed by atoms with E-state index in [2.05, 4.69) is 5.27 Å². The molecule has 0 amide bonds. The number of para-hydroxylation sites is 1. The lowest BCUT2D eigenvalue weighted by atomic mass is 9.85. The molecule has 0 bridgehead atoms. The van der Waals surface area contributed by atoms with E-state index in [-0.39, 0.29) is 5.69 Å². The molecule has 1 aromatic heterocycles. The molecule has 0 saturated heterocycles. The van der Waals surface area contributed by atoms with Gasteiger partial charge in [0.05, 0.1) is 5.56 Å². The molecular formula is C15H11N2O3+. The standard InChI is InChI=1S/C15H10N2O3/c18-14-13-15(19,10-6-2-1-3-7-10)11-8-4-5-9-12(11)17(13)16-20-14/h1-9,19H/p+1. The molecule has 4 rings (SSSR count). The zero-order chi connectivity index (χ0) is 13.7. The molecule has 1 aliphatic heterocycles. The van der Waals surface area contributed by atoms with E-state index < -0.39 is 11.2 Å². The van der Waals surface area contributed by atoms with Crippen LogP contribution in [-0.4, -0.2) is 10.4 Å². The Morgan fingerprint density at radius 2 is 1.75 bits per heavy atom. The zero-order valence-corrected chi connectivity index (χ0v) is 10.4. The number of H-pyrrole nitrogens is 1. The van der Waals surface area contributed by atoms with Gasteiger partial charge < -0.3 is 5.11 Å². The first kappa shape index (κ1) is 11.2. The molecule has 1 atom stereocenters. The normalized spacial score (nSPS) is 19.6. The average Bonchev–Trinajstić information content (AvgIpc) is 3.00. The fourth-order valence-electron chi connectivity index (χ4n) is 2.83. The molecule has 3 aromatic rings.